The molecule has 0 spiro atoms. The monoisotopic (exact) mass is 685 g/mol. The summed E-state index contributed by atoms with van der Waals surface area (Å²) < 4.78 is 123. The van der Waals surface area contributed by atoms with Crippen LogP contribution in [-0.2, 0) is 0 Å². The van der Waals surface area contributed by atoms with Gasteiger partial charge in [0.15, 0.2) is 0 Å². The number of rotatable bonds is 4. The Morgan fingerprint density at radius 2 is 0.943 bits per heavy atom. The minimum absolute atomic E-state index is 0.0751. The topological polar surface area (TPSA) is 13.1 Å². The normalized spacial score (nSPS) is 15.2. The summed E-state index contributed by atoms with van der Waals surface area (Å²) in [6.45, 7) is 0. The third-order valence-electron chi connectivity index (χ3n) is 10.2. The summed E-state index contributed by atoms with van der Waals surface area (Å²) in [5.41, 5.74) is 4.75. The Bertz CT molecular complexity index is 3880. The summed E-state index contributed by atoms with van der Waals surface area (Å²) in [6, 6.07) is 29.3. The Kier molecular flexibility index (Phi) is 4.36. The van der Waals surface area contributed by atoms with Gasteiger partial charge < -0.3 is 4.42 Å². The van der Waals surface area contributed by atoms with Crippen molar-refractivity contribution in [2.75, 3.05) is 0 Å². The highest BCUT2D eigenvalue weighted by Crippen LogP contribution is 2.47. The van der Waals surface area contributed by atoms with Crippen molar-refractivity contribution in [1.29, 1.82) is 0 Å². The molecule has 53 heavy (non-hydrogen) atoms. The quantitative estimate of drug-likeness (QED) is 0.168. The van der Waals surface area contributed by atoms with Crippen LogP contribution in [0.5, 0.6) is 0 Å². The maximum atomic E-state index is 9.44. The van der Waals surface area contributed by atoms with Crippen molar-refractivity contribution < 1.29 is 22.2 Å². The van der Waals surface area contributed by atoms with E-state index in [1.807, 2.05) is 66.7 Å². The van der Waals surface area contributed by atoms with E-state index in [-0.39, 0.29) is 32.7 Å². The van der Waals surface area contributed by atoms with Crippen molar-refractivity contribution in [3.63, 3.8) is 0 Å². The predicted molar refractivity (Wildman–Crippen MR) is 225 cm³/mol. The zero-order chi connectivity index (χ0) is 46.2. The van der Waals surface area contributed by atoms with Crippen molar-refractivity contribution in [3.05, 3.63) is 194 Å². The first-order valence-corrected chi connectivity index (χ1v) is 17.2. The minimum Gasteiger partial charge on any atom is -0.456 e. The molecule has 0 aliphatic heterocycles. The fourth-order valence-electron chi connectivity index (χ4n) is 7.87. The summed E-state index contributed by atoms with van der Waals surface area (Å²) in [6.07, 6.45) is 0. The van der Waals surface area contributed by atoms with E-state index in [2.05, 4.69) is 42.5 Å². The fourth-order valence-corrected chi connectivity index (χ4v) is 7.87. The Hall–Kier alpha value is -6.96. The van der Waals surface area contributed by atoms with Crippen LogP contribution in [0.1, 0.15) is 17.8 Å². The van der Waals surface area contributed by atoms with E-state index in [0.29, 0.717) is 22.1 Å². The number of hydrogen-bond donors (Lipinski definition) is 0. The first-order valence-electron chi connectivity index (χ1n) is 23.7. The van der Waals surface area contributed by atoms with Crippen LogP contribution in [0.15, 0.2) is 198 Å². The molecule has 0 unspecified atom stereocenters. The summed E-state index contributed by atoms with van der Waals surface area (Å²) in [7, 11) is 0. The van der Waals surface area contributed by atoms with Crippen molar-refractivity contribution in [2.45, 2.75) is 0 Å². The lowest BCUT2D eigenvalue weighted by Gasteiger charge is -2.19. The number of furan rings is 1. The highest BCUT2D eigenvalue weighted by Gasteiger charge is 2.20. The lowest BCUT2D eigenvalue weighted by molar-refractivity contribution is 0.669. The van der Waals surface area contributed by atoms with Crippen molar-refractivity contribution in [2.24, 2.45) is 0 Å². The summed E-state index contributed by atoms with van der Waals surface area (Å²) in [4.78, 5) is 0. The van der Waals surface area contributed by atoms with Crippen LogP contribution in [0.4, 0.5) is 0 Å². The molecular weight excluding hydrogens is 641 g/mol. The van der Waals surface area contributed by atoms with E-state index < -0.39 is 84.1 Å². The Labute approximate surface area is 325 Å². The SMILES string of the molecule is [2H]c1c([2H])c([2H])c(-c2c3c([2H])c([2H])c([2H])c([2H])c3c(-c3ccc(-c4cccc5oc6cc(-c7ccc8ccccc8c7)ccc6c45)c4ccccc34)c3c([2H])c([2H])c([2H])c([2H])c23)c([2H])c1[2H]. The van der Waals surface area contributed by atoms with Crippen LogP contribution in [0, 0.1) is 0 Å². The third-order valence-corrected chi connectivity index (χ3v) is 10.2. The Morgan fingerprint density at radius 1 is 0.340 bits per heavy atom. The zero-order valence-corrected chi connectivity index (χ0v) is 27.9. The third kappa shape index (κ3) is 4.64. The lowest BCUT2D eigenvalue weighted by atomic mass is 9.83. The second-order valence-electron chi connectivity index (χ2n) is 13.0. The second kappa shape index (κ2) is 11.8. The second-order valence-corrected chi connectivity index (χ2v) is 13.0. The van der Waals surface area contributed by atoms with Gasteiger partial charge in [0.05, 0.1) is 17.8 Å². The van der Waals surface area contributed by atoms with Gasteiger partial charge >= 0.3 is 0 Å². The van der Waals surface area contributed by atoms with Crippen molar-refractivity contribution in [1.82, 2.24) is 0 Å². The molecule has 0 radical (unpaired) electrons. The first-order chi connectivity index (χ1) is 31.7. The largest absolute Gasteiger partial charge is 0.456 e. The summed E-state index contributed by atoms with van der Waals surface area (Å²) in [5, 5.41) is 4.59. The highest BCUT2D eigenvalue weighted by atomic mass is 16.3. The molecular formula is C52H32O. The molecule has 0 saturated carbocycles. The molecule has 1 heteroatoms. The Balaban J connectivity index is 1.23. The molecule has 0 atom stereocenters. The van der Waals surface area contributed by atoms with Crippen LogP contribution in [0.25, 0.3) is 110 Å². The van der Waals surface area contributed by atoms with E-state index >= 15 is 0 Å². The summed E-state index contributed by atoms with van der Waals surface area (Å²) >= 11 is 0. The van der Waals surface area contributed by atoms with Crippen LogP contribution in [0.3, 0.4) is 0 Å². The molecule has 0 N–H and O–H groups in total. The van der Waals surface area contributed by atoms with Gasteiger partial charge in [-0.1, -0.05) is 170 Å². The number of fused-ring (bicyclic) bond motifs is 7. The minimum atomic E-state index is -0.717. The number of benzene rings is 10. The van der Waals surface area contributed by atoms with Crippen molar-refractivity contribution >= 4 is 65.0 Å². The molecule has 0 saturated heterocycles. The van der Waals surface area contributed by atoms with Crippen LogP contribution in [0.2, 0.25) is 0 Å². The van der Waals surface area contributed by atoms with Crippen LogP contribution >= 0.6 is 0 Å². The molecule has 10 aromatic carbocycles. The number of hydrogen-bond acceptors (Lipinski definition) is 1. The van der Waals surface area contributed by atoms with Gasteiger partial charge in [-0.2, -0.15) is 0 Å². The van der Waals surface area contributed by atoms with E-state index in [4.69, 9.17) is 16.8 Å². The smallest absolute Gasteiger partial charge is 0.136 e. The standard InChI is InChI=1S/C52H32O/c1-2-14-34(15-3-1)50-42-19-8-10-21-44(42)51(45-22-11-9-20-43(45)50)46-30-29-40(38-17-6-7-18-39(38)46)41-23-12-24-48-52(41)47-28-27-37(32-49(47)53-48)36-26-25-33-13-4-5-16-35(33)31-36/h1-32H/i1D,2D,3D,8D,9D,10D,11D,14D,15D,19D,20D,21D,22D. The molecule has 11 aromatic rings. The highest BCUT2D eigenvalue weighted by molar-refractivity contribution is 6.25. The molecule has 0 aliphatic carbocycles. The van der Waals surface area contributed by atoms with E-state index in [0.717, 1.165) is 49.2 Å². The van der Waals surface area contributed by atoms with Gasteiger partial charge in [-0.25, -0.2) is 0 Å². The van der Waals surface area contributed by atoms with Gasteiger partial charge in [0.2, 0.25) is 0 Å². The maximum absolute atomic E-state index is 9.44. The van der Waals surface area contributed by atoms with E-state index in [1.54, 1.807) is 6.07 Å². The van der Waals surface area contributed by atoms with Gasteiger partial charge in [-0.15, -0.1) is 0 Å². The molecule has 11 rings (SSSR count). The molecule has 0 fully saturated rings. The zero-order valence-electron chi connectivity index (χ0n) is 40.9. The molecule has 1 heterocycles. The average molecular weight is 686 g/mol. The molecule has 0 amide bonds. The van der Waals surface area contributed by atoms with Crippen LogP contribution < -0.4 is 0 Å². The maximum Gasteiger partial charge on any atom is 0.136 e. The average Bonchev–Trinajstić information content (AvgIpc) is 3.72. The van der Waals surface area contributed by atoms with Crippen molar-refractivity contribution in [3.8, 4) is 44.5 Å². The summed E-state index contributed by atoms with van der Waals surface area (Å²) in [5.74, 6) is 0. The first kappa shape index (κ1) is 19.6. The van der Waals surface area contributed by atoms with E-state index in [1.165, 1.54) is 0 Å². The van der Waals surface area contributed by atoms with E-state index in [9.17, 15) is 5.48 Å². The molecule has 0 aliphatic rings. The van der Waals surface area contributed by atoms with Gasteiger partial charge in [0.1, 0.15) is 11.2 Å². The molecule has 1 aromatic heterocycles. The Morgan fingerprint density at radius 3 is 1.70 bits per heavy atom. The lowest BCUT2D eigenvalue weighted by Crippen LogP contribution is -1.92. The van der Waals surface area contributed by atoms with Gasteiger partial charge in [-0.3, -0.25) is 0 Å². The molecule has 246 valence electrons. The van der Waals surface area contributed by atoms with Gasteiger partial charge in [0, 0.05) is 10.8 Å². The molecule has 0 bridgehead atoms. The van der Waals surface area contributed by atoms with Gasteiger partial charge in [0.25, 0.3) is 0 Å². The molecule has 1 nitrogen and oxygen atoms in total. The van der Waals surface area contributed by atoms with Crippen LogP contribution in [-0.4, -0.2) is 0 Å². The van der Waals surface area contributed by atoms with Gasteiger partial charge in [-0.05, 0) is 112 Å². The predicted octanol–water partition coefficient (Wildman–Crippen LogP) is 14.9. The fraction of sp³-hybridized carbons (Fsp3) is 0.